The average molecular weight is 138 g/mol. The number of aliphatic hydroxyl groups excluding tert-OH is 2. The van der Waals surface area contributed by atoms with Crippen LogP contribution >= 0.6 is 0 Å². The van der Waals surface area contributed by atoms with E-state index in [9.17, 15) is 0 Å². The van der Waals surface area contributed by atoms with Crippen molar-refractivity contribution >= 4 is 11.0 Å². The number of rotatable bonds is 1. The summed E-state index contributed by atoms with van der Waals surface area (Å²) in [6.07, 6.45) is 0. The first-order chi connectivity index (χ1) is 1.91. The molecule has 34 valence electrons. The second-order valence-corrected chi connectivity index (χ2v) is 0.447. The van der Waals surface area contributed by atoms with Crippen LogP contribution in [-0.2, 0) is 21.7 Å². The zero-order valence-corrected chi connectivity index (χ0v) is 5.87. The topological polar surface area (TPSA) is 40.5 Å². The van der Waals surface area contributed by atoms with Crippen molar-refractivity contribution in [1.82, 2.24) is 0 Å². The fourth-order valence-corrected chi connectivity index (χ4v) is 0. The first-order valence-electron chi connectivity index (χ1n) is 1.13. The van der Waals surface area contributed by atoms with Gasteiger partial charge in [0, 0.05) is 32.7 Å². The Morgan fingerprint density at radius 1 is 1.00 bits per heavy atom. The largest absolute Gasteiger partial charge is 0.394 e. The van der Waals surface area contributed by atoms with Crippen LogP contribution in [0.25, 0.3) is 0 Å². The van der Waals surface area contributed by atoms with E-state index in [1.165, 1.54) is 0 Å². The molecule has 0 aliphatic heterocycles. The van der Waals surface area contributed by atoms with Gasteiger partial charge < -0.3 is 10.2 Å². The monoisotopic (exact) mass is 138 g/mol. The molecule has 4 radical (unpaired) electrons. The molecule has 2 nitrogen and oxygen atoms in total. The van der Waals surface area contributed by atoms with Gasteiger partial charge in [-0.3, -0.25) is 0 Å². The molecule has 0 aromatic heterocycles. The van der Waals surface area contributed by atoms with Crippen molar-refractivity contribution in [2.75, 3.05) is 13.2 Å². The van der Waals surface area contributed by atoms with Crippen molar-refractivity contribution in [3.63, 3.8) is 0 Å². The molecule has 0 aliphatic rings. The van der Waals surface area contributed by atoms with E-state index >= 15 is 0 Å². The van der Waals surface area contributed by atoms with Gasteiger partial charge in [-0.15, -0.1) is 0 Å². The van der Waals surface area contributed by atoms with E-state index in [1.807, 2.05) is 0 Å². The molecule has 0 saturated heterocycles. The molecule has 0 rings (SSSR count). The molecule has 0 amide bonds. The van der Waals surface area contributed by atoms with Crippen LogP contribution in [-0.4, -0.2) is 34.4 Å². The third-order valence-electron chi connectivity index (χ3n) is 0.1000. The van der Waals surface area contributed by atoms with Gasteiger partial charge in [-0.1, -0.05) is 0 Å². The molecule has 0 saturated carbocycles. The van der Waals surface area contributed by atoms with E-state index in [0.29, 0.717) is 0 Å². The second-order valence-electron chi connectivity index (χ2n) is 0.447. The summed E-state index contributed by atoms with van der Waals surface area (Å²) in [5, 5.41) is 15.2. The Morgan fingerprint density at radius 3 is 1.17 bits per heavy atom. The second kappa shape index (κ2) is 16.9. The standard InChI is InChI=1S/C2H6O2.Si.Ti/c3-1-2-4;;/h3-4H,1-2H2;;. The van der Waals surface area contributed by atoms with Gasteiger partial charge in [-0.05, 0) is 0 Å². The maximum Gasteiger partial charge on any atom is 0.0662 e. The van der Waals surface area contributed by atoms with Crippen LogP contribution in [0, 0.1) is 0 Å². The predicted molar refractivity (Wildman–Crippen MR) is 19.9 cm³/mol. The smallest absolute Gasteiger partial charge is 0.0662 e. The van der Waals surface area contributed by atoms with Crippen LogP contribution in [0.3, 0.4) is 0 Å². The summed E-state index contributed by atoms with van der Waals surface area (Å²) in [6, 6.07) is 0. The molecule has 0 atom stereocenters. The SMILES string of the molecule is OCCO.[Si].[Ti]. The van der Waals surface area contributed by atoms with Gasteiger partial charge in [0.15, 0.2) is 0 Å². The van der Waals surface area contributed by atoms with Gasteiger partial charge in [0.1, 0.15) is 0 Å². The van der Waals surface area contributed by atoms with Gasteiger partial charge in [-0.25, -0.2) is 0 Å². The van der Waals surface area contributed by atoms with Crippen LogP contribution in [0.1, 0.15) is 0 Å². The van der Waals surface area contributed by atoms with E-state index in [-0.39, 0.29) is 45.9 Å². The minimum Gasteiger partial charge on any atom is -0.394 e. The van der Waals surface area contributed by atoms with Crippen LogP contribution < -0.4 is 0 Å². The van der Waals surface area contributed by atoms with Crippen molar-refractivity contribution in [2.24, 2.45) is 0 Å². The molecule has 6 heavy (non-hydrogen) atoms. The minimum atomic E-state index is -0.125. The van der Waals surface area contributed by atoms with Crippen LogP contribution in [0.15, 0.2) is 0 Å². The van der Waals surface area contributed by atoms with E-state index in [0.717, 1.165) is 0 Å². The molecule has 2 N–H and O–H groups in total. The van der Waals surface area contributed by atoms with E-state index in [2.05, 4.69) is 0 Å². The molecule has 0 fully saturated rings. The number of aliphatic hydroxyl groups is 2. The Hall–Kier alpha value is 0.851. The minimum absolute atomic E-state index is 0. The normalized spacial score (nSPS) is 5.00. The summed E-state index contributed by atoms with van der Waals surface area (Å²) < 4.78 is 0. The van der Waals surface area contributed by atoms with Crippen molar-refractivity contribution < 1.29 is 31.9 Å². The number of hydrogen-bond donors (Lipinski definition) is 2. The van der Waals surface area contributed by atoms with E-state index < -0.39 is 0 Å². The Balaban J connectivity index is -0.0000000450. The van der Waals surface area contributed by atoms with Crippen molar-refractivity contribution in [1.29, 1.82) is 0 Å². The summed E-state index contributed by atoms with van der Waals surface area (Å²) in [4.78, 5) is 0. The summed E-state index contributed by atoms with van der Waals surface area (Å²) in [5.41, 5.74) is 0. The third-order valence-corrected chi connectivity index (χ3v) is 0.1000. The average Bonchev–Trinajstić information content (AvgIpc) is 1.37. The summed E-state index contributed by atoms with van der Waals surface area (Å²) in [7, 11) is 0. The van der Waals surface area contributed by atoms with Crippen LogP contribution in [0.4, 0.5) is 0 Å². The molecule has 4 heteroatoms. The maximum absolute atomic E-state index is 7.62. The zero-order valence-electron chi connectivity index (χ0n) is 3.31. The molecule has 0 aromatic carbocycles. The molecule has 0 aliphatic carbocycles. The summed E-state index contributed by atoms with van der Waals surface area (Å²) in [6.45, 7) is -0.250. The first-order valence-corrected chi connectivity index (χ1v) is 1.13. The Kier molecular flexibility index (Phi) is 44.6. The molecule has 0 aromatic rings. The zero-order chi connectivity index (χ0) is 3.41. The number of hydrogen-bond acceptors (Lipinski definition) is 2. The van der Waals surface area contributed by atoms with Gasteiger partial charge in [0.05, 0.1) is 13.2 Å². The molecule has 0 spiro atoms. The Bertz CT molecular complexity index is 13.5. The maximum atomic E-state index is 7.62. The Morgan fingerprint density at radius 2 is 1.17 bits per heavy atom. The molecule has 0 heterocycles. The van der Waals surface area contributed by atoms with Crippen LogP contribution in [0.5, 0.6) is 0 Å². The van der Waals surface area contributed by atoms with Gasteiger partial charge >= 0.3 is 0 Å². The molecule has 0 unspecified atom stereocenters. The third kappa shape index (κ3) is 21.0. The van der Waals surface area contributed by atoms with Crippen molar-refractivity contribution in [3.05, 3.63) is 0 Å². The van der Waals surface area contributed by atoms with E-state index in [1.54, 1.807) is 0 Å². The molecular weight excluding hydrogens is 132 g/mol. The van der Waals surface area contributed by atoms with Crippen molar-refractivity contribution in [3.8, 4) is 0 Å². The predicted octanol–water partition coefficient (Wildman–Crippen LogP) is -1.41. The van der Waals surface area contributed by atoms with Gasteiger partial charge in [-0.2, -0.15) is 0 Å². The molecular formula is C2H6O2SiTi. The van der Waals surface area contributed by atoms with Gasteiger partial charge in [0.2, 0.25) is 0 Å². The summed E-state index contributed by atoms with van der Waals surface area (Å²) in [5.74, 6) is 0. The van der Waals surface area contributed by atoms with Gasteiger partial charge in [0.25, 0.3) is 0 Å². The molecule has 0 bridgehead atoms. The summed E-state index contributed by atoms with van der Waals surface area (Å²) >= 11 is 0. The fourth-order valence-electron chi connectivity index (χ4n) is 0. The Labute approximate surface area is 56.5 Å². The quantitative estimate of drug-likeness (QED) is 0.437. The van der Waals surface area contributed by atoms with E-state index in [4.69, 9.17) is 10.2 Å². The van der Waals surface area contributed by atoms with Crippen molar-refractivity contribution in [2.45, 2.75) is 0 Å². The first kappa shape index (κ1) is 15.8. The fraction of sp³-hybridized carbons (Fsp3) is 1.00. The van der Waals surface area contributed by atoms with Crippen LogP contribution in [0.2, 0.25) is 0 Å².